The van der Waals surface area contributed by atoms with E-state index in [0.717, 1.165) is 6.42 Å². The molecule has 0 saturated heterocycles. The quantitative estimate of drug-likeness (QED) is 0.191. The topological polar surface area (TPSA) is 114 Å². The highest BCUT2D eigenvalue weighted by atomic mass is 32.3. The molecule has 0 N–H and O–H groups in total. The second-order valence-corrected chi connectivity index (χ2v) is 13.8. The van der Waals surface area contributed by atoms with E-state index in [1.165, 1.54) is 18.4 Å². The van der Waals surface area contributed by atoms with E-state index in [2.05, 4.69) is 29.8 Å². The highest BCUT2D eigenvalue weighted by Gasteiger charge is 2.68. The van der Waals surface area contributed by atoms with Crippen LogP contribution in [0.15, 0.2) is 24.5 Å². The van der Waals surface area contributed by atoms with Crippen LogP contribution in [-0.4, -0.2) is 69.8 Å². The minimum absolute atomic E-state index is 0.422. The van der Waals surface area contributed by atoms with Crippen LogP contribution < -0.4 is 4.57 Å². The number of unbranched alkanes of at least 4 members (excludes halogenated alkanes) is 1. The van der Waals surface area contributed by atoms with Gasteiger partial charge in [0.1, 0.15) is 0 Å². The molecular weight excluding hydrogens is 626 g/mol. The number of alkyl halides is 10. The van der Waals surface area contributed by atoms with Gasteiger partial charge in [0.2, 0.25) is 6.17 Å². The molecule has 230 valence electrons. The maximum atomic E-state index is 12.3. The third-order valence-corrected chi connectivity index (χ3v) is 10.5. The third-order valence-electron chi connectivity index (χ3n) is 4.55. The second-order valence-electron chi connectivity index (χ2n) is 7.34. The van der Waals surface area contributed by atoms with E-state index in [9.17, 15) is 60.7 Å². The summed E-state index contributed by atoms with van der Waals surface area (Å²) in [6.07, 6.45) is -5.66. The number of sulfonamides is 2. The Kier molecular flexibility index (Phi) is 12.8. The van der Waals surface area contributed by atoms with Crippen LogP contribution in [0.1, 0.15) is 25.3 Å². The van der Waals surface area contributed by atoms with Gasteiger partial charge in [-0.05, 0) is 18.9 Å². The summed E-state index contributed by atoms with van der Waals surface area (Å²) in [7, 11) is -12.9. The lowest BCUT2D eigenvalue weighted by atomic mass is 10.1. The molecule has 0 aliphatic rings. The maximum absolute atomic E-state index is 12.3. The van der Waals surface area contributed by atoms with Gasteiger partial charge in [0.25, 0.3) is 0 Å². The zero-order valence-corrected chi connectivity index (χ0v) is 23.1. The van der Waals surface area contributed by atoms with E-state index in [1.807, 2.05) is 6.20 Å². The molecule has 1 rings (SSSR count). The van der Waals surface area contributed by atoms with Crippen molar-refractivity contribution in [2.45, 2.75) is 55.2 Å². The number of aryl methyl sites for hydroxylation is 1. The smallest absolute Gasteiger partial charge is 0.425 e. The lowest BCUT2D eigenvalue weighted by Gasteiger charge is -2.31. The van der Waals surface area contributed by atoms with Crippen molar-refractivity contribution in [2.24, 2.45) is 0 Å². The summed E-state index contributed by atoms with van der Waals surface area (Å²) in [5.74, 6) is 0. The van der Waals surface area contributed by atoms with Gasteiger partial charge in [-0.25, -0.2) is 16.8 Å². The molecule has 1 aromatic heterocycles. The lowest BCUT2D eigenvalue weighted by molar-refractivity contribution is -0.685. The maximum Gasteiger partial charge on any atom is 0.569 e. The molecule has 1 aromatic rings. The Hall–Kier alpha value is -1.59. The summed E-state index contributed by atoms with van der Waals surface area (Å²) in [4.78, 5) is 0. The summed E-state index contributed by atoms with van der Waals surface area (Å²) in [6.45, 7) is 2.20. The number of nitrogens with zero attached hydrogens (tertiary/aromatic N) is 2. The lowest BCUT2D eigenvalue weighted by Crippen LogP contribution is -2.56. The molecular formula is C17H24F10N2O7S2Si. The number of halogens is 10. The van der Waals surface area contributed by atoms with Gasteiger partial charge < -0.3 is 17.4 Å². The fraction of sp³-hybridized carbons (Fsp3) is 0.706. The highest BCUT2D eigenvalue weighted by molar-refractivity contribution is 8.13. The van der Waals surface area contributed by atoms with Crippen molar-refractivity contribution in [1.29, 1.82) is 0 Å². The number of hydrogen-bond donors (Lipinski definition) is 0. The standard InChI is InChI=1S/C13H24NO3Si.C4F10NO4S2/c1-5-6-8-13-9-7-10-14(11-13)12-18(15-2,16-3)17-4;5-1(6,7)3(11,12)20(16,17)15-21(18,19)4(13,14)2(8,9)10/h7,9-11H,5-6,8,12H2,1-4H3;/q+1;-1. The largest absolute Gasteiger partial charge is 0.569 e. The molecule has 0 unspecified atom stereocenters. The van der Waals surface area contributed by atoms with E-state index in [-0.39, 0.29) is 0 Å². The van der Waals surface area contributed by atoms with Crippen molar-refractivity contribution in [2.75, 3.05) is 21.3 Å². The second kappa shape index (κ2) is 13.4. The zero-order chi connectivity index (χ0) is 31.1. The first-order valence-electron chi connectivity index (χ1n) is 10.2. The Balaban J connectivity index is 0.000000748. The predicted octanol–water partition coefficient (Wildman–Crippen LogP) is 4.06. The minimum atomic E-state index is -7.62. The first-order chi connectivity index (χ1) is 17.4. The van der Waals surface area contributed by atoms with Gasteiger partial charge >= 0.3 is 31.7 Å². The van der Waals surface area contributed by atoms with Crippen LogP contribution in [0.2, 0.25) is 0 Å². The Morgan fingerprint density at radius 3 is 1.56 bits per heavy atom. The summed E-state index contributed by atoms with van der Waals surface area (Å²) in [6, 6.07) is 4.22. The van der Waals surface area contributed by atoms with E-state index in [4.69, 9.17) is 13.3 Å². The molecule has 0 spiro atoms. The van der Waals surface area contributed by atoms with Crippen LogP contribution in [0, 0.1) is 0 Å². The molecule has 0 aliphatic carbocycles. The molecule has 0 bridgehead atoms. The summed E-state index contributed by atoms with van der Waals surface area (Å²) in [5, 5.41) is -14.0. The Labute approximate surface area is 218 Å². The molecule has 0 aromatic carbocycles. The van der Waals surface area contributed by atoms with E-state index >= 15 is 0 Å². The molecule has 1 heterocycles. The van der Waals surface area contributed by atoms with Crippen LogP contribution in [0.25, 0.3) is 4.13 Å². The van der Waals surface area contributed by atoms with Gasteiger partial charge in [0, 0.05) is 33.0 Å². The minimum Gasteiger partial charge on any atom is -0.425 e. The van der Waals surface area contributed by atoms with Crippen LogP contribution in [-0.2, 0) is 45.9 Å². The monoisotopic (exact) mass is 650 g/mol. The third kappa shape index (κ3) is 9.21. The normalized spacial score (nSPS) is 14.1. The molecule has 0 saturated carbocycles. The number of hydrogen-bond acceptors (Lipinski definition) is 7. The van der Waals surface area contributed by atoms with Crippen molar-refractivity contribution in [3.8, 4) is 0 Å². The van der Waals surface area contributed by atoms with Gasteiger partial charge in [-0.15, -0.1) is 0 Å². The zero-order valence-electron chi connectivity index (χ0n) is 20.5. The van der Waals surface area contributed by atoms with Gasteiger partial charge in [-0.1, -0.05) is 13.3 Å². The van der Waals surface area contributed by atoms with Crippen molar-refractivity contribution in [3.05, 3.63) is 34.2 Å². The molecule has 9 nitrogen and oxygen atoms in total. The Morgan fingerprint density at radius 2 is 1.23 bits per heavy atom. The molecule has 0 radical (unpaired) electrons. The van der Waals surface area contributed by atoms with Crippen LogP contribution in [0.4, 0.5) is 43.9 Å². The van der Waals surface area contributed by atoms with E-state index < -0.39 is 51.7 Å². The predicted molar refractivity (Wildman–Crippen MR) is 115 cm³/mol. The molecule has 0 fully saturated rings. The summed E-state index contributed by atoms with van der Waals surface area (Å²) in [5.41, 5.74) is 1.34. The SMILES string of the molecule is CCCCc1ccc[n+](C[Si](OC)(OC)OC)c1.O=S(=O)([N-]S(=O)(=O)C(F)(F)C(F)(F)F)C(F)(F)C(F)(F)F. The number of rotatable bonds is 12. The van der Waals surface area contributed by atoms with Gasteiger partial charge in [-0.2, -0.15) is 48.5 Å². The highest BCUT2D eigenvalue weighted by Crippen LogP contribution is 2.47. The first kappa shape index (κ1) is 37.4. The van der Waals surface area contributed by atoms with Crippen LogP contribution in [0.3, 0.4) is 0 Å². The molecule has 39 heavy (non-hydrogen) atoms. The molecule has 0 amide bonds. The van der Waals surface area contributed by atoms with Gasteiger partial charge in [0.05, 0.1) is 0 Å². The fourth-order valence-electron chi connectivity index (χ4n) is 2.39. The van der Waals surface area contributed by atoms with E-state index in [0.29, 0.717) is 10.3 Å². The molecule has 0 atom stereocenters. The van der Waals surface area contributed by atoms with Crippen LogP contribution >= 0.6 is 0 Å². The van der Waals surface area contributed by atoms with Crippen LogP contribution in [0.5, 0.6) is 0 Å². The van der Waals surface area contributed by atoms with Crippen molar-refractivity contribution in [3.63, 3.8) is 0 Å². The van der Waals surface area contributed by atoms with E-state index in [1.54, 1.807) is 21.3 Å². The first-order valence-corrected chi connectivity index (χ1v) is 15.0. The number of aromatic nitrogens is 1. The fourth-order valence-corrected chi connectivity index (χ4v) is 6.28. The average molecular weight is 651 g/mol. The van der Waals surface area contributed by atoms with Gasteiger partial charge in [-0.3, -0.25) is 0 Å². The molecule has 0 aliphatic heterocycles. The van der Waals surface area contributed by atoms with Crippen molar-refractivity contribution < 1.29 is 78.6 Å². The molecule has 22 heteroatoms. The Bertz CT molecular complexity index is 1080. The Morgan fingerprint density at radius 1 is 0.821 bits per heavy atom. The summed E-state index contributed by atoms with van der Waals surface area (Å²) >= 11 is 0. The summed E-state index contributed by atoms with van der Waals surface area (Å²) < 4.78 is 179. The number of pyridine rings is 1. The average Bonchev–Trinajstić information content (AvgIpc) is 2.79. The van der Waals surface area contributed by atoms with Crippen molar-refractivity contribution in [1.82, 2.24) is 0 Å². The van der Waals surface area contributed by atoms with Gasteiger partial charge in [0.15, 0.2) is 32.4 Å². The van der Waals surface area contributed by atoms with Crippen molar-refractivity contribution >= 4 is 28.9 Å².